The number of rotatable bonds is 4. The molecule has 2 nitrogen and oxygen atoms in total. The standard InChI is InChI=1S/C16H26N2/c1-4-18-9-7-16(8-10-18)17-12-15-6-5-13(2)11-14(15)3/h5-6,11,16-17H,4,7-10,12H2,1-3H3. The van der Waals surface area contributed by atoms with Crippen molar-refractivity contribution in [1.29, 1.82) is 0 Å². The average molecular weight is 246 g/mol. The summed E-state index contributed by atoms with van der Waals surface area (Å²) in [5.74, 6) is 0. The van der Waals surface area contributed by atoms with E-state index >= 15 is 0 Å². The lowest BCUT2D eigenvalue weighted by atomic mass is 10.0. The van der Waals surface area contributed by atoms with Crippen molar-refractivity contribution in [3.05, 3.63) is 34.9 Å². The summed E-state index contributed by atoms with van der Waals surface area (Å²) in [5, 5.41) is 3.72. The molecule has 0 aliphatic carbocycles. The third-order valence-electron chi connectivity index (χ3n) is 4.11. The second-order valence-electron chi connectivity index (χ2n) is 5.52. The SMILES string of the molecule is CCN1CCC(NCc2ccc(C)cc2C)CC1. The fraction of sp³-hybridized carbons (Fsp3) is 0.625. The first-order valence-corrected chi connectivity index (χ1v) is 7.21. The first-order chi connectivity index (χ1) is 8.69. The van der Waals surface area contributed by atoms with Gasteiger partial charge in [-0.1, -0.05) is 30.7 Å². The van der Waals surface area contributed by atoms with Gasteiger partial charge >= 0.3 is 0 Å². The van der Waals surface area contributed by atoms with Crippen LogP contribution in [0.15, 0.2) is 18.2 Å². The van der Waals surface area contributed by atoms with Gasteiger partial charge in [0.2, 0.25) is 0 Å². The highest BCUT2D eigenvalue weighted by Crippen LogP contribution is 2.13. The molecule has 1 aromatic carbocycles. The number of nitrogens with one attached hydrogen (secondary N) is 1. The van der Waals surface area contributed by atoms with E-state index in [1.807, 2.05) is 0 Å². The Balaban J connectivity index is 1.81. The van der Waals surface area contributed by atoms with Crippen LogP contribution in [0.2, 0.25) is 0 Å². The molecule has 18 heavy (non-hydrogen) atoms. The maximum absolute atomic E-state index is 3.72. The lowest BCUT2D eigenvalue weighted by molar-refractivity contribution is 0.206. The van der Waals surface area contributed by atoms with E-state index < -0.39 is 0 Å². The van der Waals surface area contributed by atoms with Gasteiger partial charge in [0.15, 0.2) is 0 Å². The van der Waals surface area contributed by atoms with Crippen LogP contribution < -0.4 is 5.32 Å². The Hall–Kier alpha value is -0.860. The molecule has 0 saturated carbocycles. The van der Waals surface area contributed by atoms with Gasteiger partial charge in [0.1, 0.15) is 0 Å². The van der Waals surface area contributed by atoms with Gasteiger partial charge in [-0.05, 0) is 57.5 Å². The molecule has 0 unspecified atom stereocenters. The monoisotopic (exact) mass is 246 g/mol. The summed E-state index contributed by atoms with van der Waals surface area (Å²) >= 11 is 0. The molecule has 1 aromatic rings. The summed E-state index contributed by atoms with van der Waals surface area (Å²) in [6.07, 6.45) is 2.58. The molecule has 1 aliphatic heterocycles. The molecule has 0 amide bonds. The Morgan fingerprint density at radius 1 is 1.22 bits per heavy atom. The number of hydrogen-bond acceptors (Lipinski definition) is 2. The zero-order chi connectivity index (χ0) is 13.0. The Morgan fingerprint density at radius 3 is 2.56 bits per heavy atom. The number of hydrogen-bond donors (Lipinski definition) is 1. The van der Waals surface area contributed by atoms with Crippen molar-refractivity contribution < 1.29 is 0 Å². The van der Waals surface area contributed by atoms with Gasteiger partial charge in [-0.15, -0.1) is 0 Å². The van der Waals surface area contributed by atoms with E-state index in [0.717, 1.165) is 6.54 Å². The lowest BCUT2D eigenvalue weighted by Crippen LogP contribution is -2.42. The molecule has 100 valence electrons. The normalized spacial score (nSPS) is 18.2. The van der Waals surface area contributed by atoms with Crippen LogP contribution in [-0.2, 0) is 6.54 Å². The lowest BCUT2D eigenvalue weighted by Gasteiger charge is -2.31. The molecule has 0 atom stereocenters. The topological polar surface area (TPSA) is 15.3 Å². The van der Waals surface area contributed by atoms with Gasteiger partial charge < -0.3 is 10.2 Å². The van der Waals surface area contributed by atoms with E-state index in [4.69, 9.17) is 0 Å². The highest BCUT2D eigenvalue weighted by Gasteiger charge is 2.17. The molecule has 0 spiro atoms. The van der Waals surface area contributed by atoms with Crippen molar-refractivity contribution in [2.45, 2.75) is 46.2 Å². The van der Waals surface area contributed by atoms with Gasteiger partial charge in [0, 0.05) is 12.6 Å². The van der Waals surface area contributed by atoms with Crippen molar-refractivity contribution in [3.63, 3.8) is 0 Å². The van der Waals surface area contributed by atoms with Gasteiger partial charge in [-0.3, -0.25) is 0 Å². The number of likely N-dealkylation sites (tertiary alicyclic amines) is 1. The molecule has 1 heterocycles. The summed E-state index contributed by atoms with van der Waals surface area (Å²) in [6, 6.07) is 7.45. The van der Waals surface area contributed by atoms with E-state index in [2.05, 4.69) is 49.2 Å². The zero-order valence-electron chi connectivity index (χ0n) is 12.0. The first-order valence-electron chi connectivity index (χ1n) is 7.21. The molecule has 0 aromatic heterocycles. The van der Waals surface area contributed by atoms with Crippen LogP contribution in [0.3, 0.4) is 0 Å². The molecule has 1 saturated heterocycles. The molecule has 1 fully saturated rings. The smallest absolute Gasteiger partial charge is 0.0210 e. The van der Waals surface area contributed by atoms with Gasteiger partial charge in [-0.25, -0.2) is 0 Å². The molecule has 0 bridgehead atoms. The second-order valence-corrected chi connectivity index (χ2v) is 5.52. The van der Waals surface area contributed by atoms with E-state index in [-0.39, 0.29) is 0 Å². The highest BCUT2D eigenvalue weighted by molar-refractivity contribution is 5.30. The summed E-state index contributed by atoms with van der Waals surface area (Å²) in [7, 11) is 0. The molecule has 1 N–H and O–H groups in total. The minimum absolute atomic E-state index is 0.702. The molecule has 2 heteroatoms. The number of benzene rings is 1. The molecule has 2 rings (SSSR count). The molecular weight excluding hydrogens is 220 g/mol. The average Bonchev–Trinajstić information content (AvgIpc) is 2.38. The third kappa shape index (κ3) is 3.56. The summed E-state index contributed by atoms with van der Waals surface area (Å²) in [6.45, 7) is 11.3. The van der Waals surface area contributed by atoms with Crippen molar-refractivity contribution in [1.82, 2.24) is 10.2 Å². The largest absolute Gasteiger partial charge is 0.310 e. The number of aryl methyl sites for hydroxylation is 2. The van der Waals surface area contributed by atoms with E-state index in [0.29, 0.717) is 6.04 Å². The molecule has 1 aliphatic rings. The maximum atomic E-state index is 3.72. The minimum atomic E-state index is 0.702. The Kier molecular flexibility index (Phi) is 4.79. The van der Waals surface area contributed by atoms with Crippen LogP contribution in [0.1, 0.15) is 36.5 Å². The van der Waals surface area contributed by atoms with Crippen LogP contribution in [0, 0.1) is 13.8 Å². The summed E-state index contributed by atoms with van der Waals surface area (Å²) in [4.78, 5) is 2.54. The second kappa shape index (κ2) is 6.35. The van der Waals surface area contributed by atoms with Crippen molar-refractivity contribution in [2.24, 2.45) is 0 Å². The van der Waals surface area contributed by atoms with Crippen molar-refractivity contribution in [2.75, 3.05) is 19.6 Å². The van der Waals surface area contributed by atoms with Gasteiger partial charge in [0.25, 0.3) is 0 Å². The molecule has 0 radical (unpaired) electrons. The maximum Gasteiger partial charge on any atom is 0.0210 e. The Labute approximate surface area is 111 Å². The first kappa shape index (κ1) is 13.6. The predicted octanol–water partition coefficient (Wildman–Crippen LogP) is 2.88. The van der Waals surface area contributed by atoms with E-state index in [1.165, 1.54) is 49.2 Å². The quantitative estimate of drug-likeness (QED) is 0.879. The van der Waals surface area contributed by atoms with E-state index in [9.17, 15) is 0 Å². The Morgan fingerprint density at radius 2 is 1.94 bits per heavy atom. The van der Waals surface area contributed by atoms with E-state index in [1.54, 1.807) is 0 Å². The minimum Gasteiger partial charge on any atom is -0.310 e. The van der Waals surface area contributed by atoms with Gasteiger partial charge in [-0.2, -0.15) is 0 Å². The highest BCUT2D eigenvalue weighted by atomic mass is 15.1. The third-order valence-corrected chi connectivity index (χ3v) is 4.11. The zero-order valence-corrected chi connectivity index (χ0v) is 12.0. The number of piperidine rings is 1. The van der Waals surface area contributed by atoms with Gasteiger partial charge in [0.05, 0.1) is 0 Å². The fourth-order valence-corrected chi connectivity index (χ4v) is 2.75. The molecular formula is C16H26N2. The van der Waals surface area contributed by atoms with Crippen LogP contribution in [-0.4, -0.2) is 30.6 Å². The predicted molar refractivity (Wildman–Crippen MR) is 77.9 cm³/mol. The Bertz CT molecular complexity index is 379. The number of nitrogens with zero attached hydrogens (tertiary/aromatic N) is 1. The van der Waals surface area contributed by atoms with Crippen LogP contribution >= 0.6 is 0 Å². The van der Waals surface area contributed by atoms with Crippen molar-refractivity contribution in [3.8, 4) is 0 Å². The fourth-order valence-electron chi connectivity index (χ4n) is 2.75. The van der Waals surface area contributed by atoms with Crippen LogP contribution in [0.5, 0.6) is 0 Å². The summed E-state index contributed by atoms with van der Waals surface area (Å²) < 4.78 is 0. The van der Waals surface area contributed by atoms with Crippen molar-refractivity contribution >= 4 is 0 Å². The summed E-state index contributed by atoms with van der Waals surface area (Å²) in [5.41, 5.74) is 4.21. The van der Waals surface area contributed by atoms with Crippen LogP contribution in [0.25, 0.3) is 0 Å². The van der Waals surface area contributed by atoms with Crippen LogP contribution in [0.4, 0.5) is 0 Å².